The lowest BCUT2D eigenvalue weighted by Gasteiger charge is -2.11. The van der Waals surface area contributed by atoms with Crippen LogP contribution in [0.1, 0.15) is 17.5 Å². The number of ether oxygens (including phenoxy) is 1. The van der Waals surface area contributed by atoms with E-state index < -0.39 is 24.0 Å². The molecule has 0 aliphatic carbocycles. The van der Waals surface area contributed by atoms with E-state index in [-0.39, 0.29) is 5.76 Å². The molecule has 0 aliphatic rings. The highest BCUT2D eigenvalue weighted by Gasteiger charge is 2.22. The molecule has 2 N–H and O–H groups in total. The van der Waals surface area contributed by atoms with Gasteiger partial charge in [-0.25, -0.2) is 9.59 Å². The average molecular weight is 325 g/mol. The molecule has 0 saturated heterocycles. The number of imide groups is 1. The number of urea groups is 1. The molecule has 0 bridgehead atoms. The largest absolute Gasteiger partial charge is 0.449 e. The molecule has 116 valence electrons. The van der Waals surface area contributed by atoms with E-state index in [1.54, 1.807) is 18.2 Å². The van der Waals surface area contributed by atoms with Crippen LogP contribution in [0.5, 0.6) is 0 Å². The van der Waals surface area contributed by atoms with Crippen LogP contribution in [0.2, 0.25) is 5.02 Å². The summed E-state index contributed by atoms with van der Waals surface area (Å²) in [5, 5.41) is 5.37. The van der Waals surface area contributed by atoms with Gasteiger partial charge < -0.3 is 14.5 Å². The fourth-order valence-electron chi connectivity index (χ4n) is 1.66. The van der Waals surface area contributed by atoms with E-state index in [4.69, 9.17) is 20.8 Å². The van der Waals surface area contributed by atoms with Crippen molar-refractivity contribution in [1.29, 1.82) is 0 Å². The number of esters is 1. The van der Waals surface area contributed by atoms with Gasteiger partial charge in [0.05, 0.1) is 0 Å². The van der Waals surface area contributed by atoms with E-state index in [9.17, 15) is 14.4 Å². The van der Waals surface area contributed by atoms with Crippen molar-refractivity contribution in [2.24, 2.45) is 0 Å². The Balaban J connectivity index is 2.07. The second-order valence-corrected chi connectivity index (χ2v) is 4.85. The van der Waals surface area contributed by atoms with E-state index in [0.29, 0.717) is 16.0 Å². The molecule has 0 fully saturated rings. The second-order valence-electron chi connectivity index (χ2n) is 4.41. The minimum Gasteiger partial charge on any atom is -0.449 e. The zero-order valence-electron chi connectivity index (χ0n) is 11.8. The molecule has 8 heteroatoms. The van der Waals surface area contributed by atoms with Crippen LogP contribution in [0.4, 0.5) is 4.79 Å². The normalized spacial score (nSPS) is 11.8. The number of hydrogen-bond donors (Lipinski definition) is 2. The summed E-state index contributed by atoms with van der Waals surface area (Å²) in [6.45, 7) is 1.34. The van der Waals surface area contributed by atoms with Gasteiger partial charge in [0.15, 0.2) is 6.10 Å². The Kier molecular flexibility index (Phi) is 4.67. The topological polar surface area (TPSA) is 97.6 Å². The maximum Gasteiger partial charge on any atom is 0.375 e. The highest BCUT2D eigenvalue weighted by atomic mass is 35.5. The zero-order chi connectivity index (χ0) is 16.3. The fourth-order valence-corrected chi connectivity index (χ4v) is 1.84. The number of carbonyl (C=O) groups excluding carboxylic acids is 3. The van der Waals surface area contributed by atoms with Gasteiger partial charge in [0.1, 0.15) is 5.58 Å². The van der Waals surface area contributed by atoms with E-state index in [0.717, 1.165) is 0 Å². The van der Waals surface area contributed by atoms with E-state index in [1.165, 1.54) is 20.0 Å². The Labute approximate surface area is 130 Å². The van der Waals surface area contributed by atoms with E-state index in [1.807, 2.05) is 5.32 Å². The minimum atomic E-state index is -1.15. The molecule has 0 spiro atoms. The van der Waals surface area contributed by atoms with Crippen molar-refractivity contribution in [3.63, 3.8) is 0 Å². The van der Waals surface area contributed by atoms with Gasteiger partial charge in [-0.05, 0) is 31.2 Å². The molecule has 0 aliphatic heterocycles. The van der Waals surface area contributed by atoms with Gasteiger partial charge in [-0.3, -0.25) is 10.1 Å². The monoisotopic (exact) mass is 324 g/mol. The van der Waals surface area contributed by atoms with Crippen LogP contribution in [0.3, 0.4) is 0 Å². The van der Waals surface area contributed by atoms with Gasteiger partial charge in [0.25, 0.3) is 5.91 Å². The SMILES string of the molecule is CNC(=O)NC(=O)[C@H](C)OC(=O)c1cc2cc(Cl)ccc2o1. The third-order valence-electron chi connectivity index (χ3n) is 2.80. The van der Waals surface area contributed by atoms with Crippen LogP contribution in [0.25, 0.3) is 11.0 Å². The molecular weight excluding hydrogens is 312 g/mol. The van der Waals surface area contributed by atoms with Crippen molar-refractivity contribution in [3.05, 3.63) is 35.0 Å². The number of furan rings is 1. The molecule has 7 nitrogen and oxygen atoms in total. The summed E-state index contributed by atoms with van der Waals surface area (Å²) >= 11 is 5.85. The van der Waals surface area contributed by atoms with E-state index >= 15 is 0 Å². The molecule has 2 rings (SSSR count). The molecule has 0 saturated carbocycles. The van der Waals surface area contributed by atoms with Crippen LogP contribution >= 0.6 is 11.6 Å². The van der Waals surface area contributed by atoms with Gasteiger partial charge in [0.2, 0.25) is 5.76 Å². The summed E-state index contributed by atoms with van der Waals surface area (Å²) in [6.07, 6.45) is -1.15. The number of nitrogens with one attached hydrogen (secondary N) is 2. The van der Waals surface area contributed by atoms with E-state index in [2.05, 4.69) is 5.32 Å². The molecule has 0 unspecified atom stereocenters. The molecule has 22 heavy (non-hydrogen) atoms. The van der Waals surface area contributed by atoms with Crippen molar-refractivity contribution >= 4 is 40.5 Å². The lowest BCUT2D eigenvalue weighted by Crippen LogP contribution is -2.43. The Morgan fingerprint density at radius 2 is 2.00 bits per heavy atom. The molecule has 1 aromatic carbocycles. The first-order chi connectivity index (χ1) is 10.4. The van der Waals surface area contributed by atoms with Gasteiger partial charge in [0, 0.05) is 17.5 Å². The van der Waals surface area contributed by atoms with Crippen LogP contribution < -0.4 is 10.6 Å². The average Bonchev–Trinajstić information content (AvgIpc) is 2.89. The molecular formula is C14H13ClN2O5. The number of benzene rings is 1. The zero-order valence-corrected chi connectivity index (χ0v) is 12.6. The lowest BCUT2D eigenvalue weighted by atomic mass is 10.2. The van der Waals surface area contributed by atoms with Crippen LogP contribution in [0.15, 0.2) is 28.7 Å². The first kappa shape index (κ1) is 15.8. The summed E-state index contributed by atoms with van der Waals surface area (Å²) in [4.78, 5) is 34.6. The fraction of sp³-hybridized carbons (Fsp3) is 0.214. The standard InChI is InChI=1S/C14H13ClN2O5/c1-7(12(18)17-14(20)16-2)21-13(19)11-6-8-5-9(15)3-4-10(8)22-11/h3-7H,1-2H3,(H2,16,17,18,20)/t7-/m0/s1. The molecule has 1 atom stereocenters. The van der Waals surface area contributed by atoms with Crippen LogP contribution in [0, 0.1) is 0 Å². The van der Waals surface area contributed by atoms with Crippen LogP contribution in [-0.2, 0) is 9.53 Å². The Bertz CT molecular complexity index is 740. The molecule has 0 radical (unpaired) electrons. The predicted octanol–water partition coefficient (Wildman–Crippen LogP) is 2.09. The first-order valence-electron chi connectivity index (χ1n) is 6.33. The summed E-state index contributed by atoms with van der Waals surface area (Å²) < 4.78 is 10.3. The molecule has 2 aromatic rings. The van der Waals surface area contributed by atoms with Crippen molar-refractivity contribution < 1.29 is 23.5 Å². The van der Waals surface area contributed by atoms with Gasteiger partial charge >= 0.3 is 12.0 Å². The molecule has 1 heterocycles. The quantitative estimate of drug-likeness (QED) is 0.842. The number of amides is 3. The second kappa shape index (κ2) is 6.48. The summed E-state index contributed by atoms with van der Waals surface area (Å²) in [7, 11) is 1.36. The number of carbonyl (C=O) groups is 3. The maximum atomic E-state index is 11.9. The van der Waals surface area contributed by atoms with Gasteiger partial charge in [-0.1, -0.05) is 11.6 Å². The van der Waals surface area contributed by atoms with Gasteiger partial charge in [-0.15, -0.1) is 0 Å². The maximum absolute atomic E-state index is 11.9. The summed E-state index contributed by atoms with van der Waals surface area (Å²) in [5.74, 6) is -1.62. The smallest absolute Gasteiger partial charge is 0.375 e. The Morgan fingerprint density at radius 3 is 2.68 bits per heavy atom. The van der Waals surface area contributed by atoms with Crippen molar-refractivity contribution in [1.82, 2.24) is 10.6 Å². The molecule has 1 aromatic heterocycles. The van der Waals surface area contributed by atoms with Gasteiger partial charge in [-0.2, -0.15) is 0 Å². The highest BCUT2D eigenvalue weighted by molar-refractivity contribution is 6.31. The Hall–Kier alpha value is -2.54. The highest BCUT2D eigenvalue weighted by Crippen LogP contribution is 2.23. The number of hydrogen-bond acceptors (Lipinski definition) is 5. The summed E-state index contributed by atoms with van der Waals surface area (Å²) in [5.41, 5.74) is 0.471. The number of halogens is 1. The minimum absolute atomic E-state index is 0.0585. The Morgan fingerprint density at radius 1 is 1.27 bits per heavy atom. The lowest BCUT2D eigenvalue weighted by molar-refractivity contribution is -0.128. The van der Waals surface area contributed by atoms with Crippen LogP contribution in [-0.4, -0.2) is 31.1 Å². The van der Waals surface area contributed by atoms with Crippen molar-refractivity contribution in [3.8, 4) is 0 Å². The van der Waals surface area contributed by atoms with Crippen molar-refractivity contribution in [2.45, 2.75) is 13.0 Å². The number of fused-ring (bicyclic) bond motifs is 1. The van der Waals surface area contributed by atoms with Crippen molar-refractivity contribution in [2.75, 3.05) is 7.05 Å². The predicted molar refractivity (Wildman–Crippen MR) is 78.7 cm³/mol. The molecule has 3 amide bonds. The number of rotatable bonds is 3. The summed E-state index contributed by atoms with van der Waals surface area (Å²) in [6, 6.07) is 5.66. The first-order valence-corrected chi connectivity index (χ1v) is 6.71. The third-order valence-corrected chi connectivity index (χ3v) is 3.03. The third kappa shape index (κ3) is 3.56.